The van der Waals surface area contributed by atoms with Crippen molar-refractivity contribution in [1.82, 2.24) is 14.7 Å². The maximum atomic E-state index is 11.5. The van der Waals surface area contributed by atoms with E-state index in [4.69, 9.17) is 5.11 Å². The molecule has 1 aliphatic rings. The topological polar surface area (TPSA) is 134 Å². The second-order valence-electron chi connectivity index (χ2n) is 7.05. The molecule has 1 aliphatic heterocycles. The van der Waals surface area contributed by atoms with Crippen LogP contribution in [-0.4, -0.2) is 107 Å². The maximum absolute atomic E-state index is 11.5. The minimum atomic E-state index is -0.990. The number of nitrogens with one attached hydrogen (secondary N) is 1. The van der Waals surface area contributed by atoms with E-state index in [0.29, 0.717) is 32.7 Å². The van der Waals surface area contributed by atoms with E-state index in [9.17, 15) is 24.6 Å². The highest BCUT2D eigenvalue weighted by Gasteiger charge is 2.28. The smallest absolute Gasteiger partial charge is 0.317 e. The van der Waals surface area contributed by atoms with Crippen molar-refractivity contribution in [3.63, 3.8) is 0 Å². The van der Waals surface area contributed by atoms with Crippen molar-refractivity contribution < 1.29 is 29.7 Å². The summed E-state index contributed by atoms with van der Waals surface area (Å²) in [6, 6.07) is 7.24. The number of nitrogens with zero attached hydrogens (tertiary/aromatic N) is 3. The van der Waals surface area contributed by atoms with Crippen LogP contribution < -0.4 is 5.32 Å². The van der Waals surface area contributed by atoms with Crippen molar-refractivity contribution in [2.75, 3.05) is 64.7 Å². The Kier molecular flexibility index (Phi) is 8.37. The van der Waals surface area contributed by atoms with E-state index in [1.807, 2.05) is 24.3 Å². The molecule has 1 aromatic carbocycles. The maximum Gasteiger partial charge on any atom is 0.317 e. The van der Waals surface area contributed by atoms with Gasteiger partial charge in [-0.1, -0.05) is 12.1 Å². The predicted octanol–water partition coefficient (Wildman–Crippen LogP) is -0.0572. The summed E-state index contributed by atoms with van der Waals surface area (Å²) in [5.41, 5.74) is 1.80. The normalized spacial score (nSPS) is 19.7. The minimum absolute atomic E-state index is 0.177. The van der Waals surface area contributed by atoms with E-state index in [1.165, 1.54) is 0 Å². The average Bonchev–Trinajstić information content (AvgIpc) is 2.72. The molecule has 0 aromatic heterocycles. The van der Waals surface area contributed by atoms with Gasteiger partial charge in [0.25, 0.3) is 0 Å². The third-order valence-electron chi connectivity index (χ3n) is 4.95. The second kappa shape index (κ2) is 10.7. The van der Waals surface area contributed by atoms with Crippen molar-refractivity contribution in [1.29, 1.82) is 0 Å². The molecule has 4 N–H and O–H groups in total. The second-order valence-corrected chi connectivity index (χ2v) is 7.05. The molecule has 0 amide bonds. The van der Waals surface area contributed by atoms with Gasteiger partial charge >= 0.3 is 17.9 Å². The predicted molar refractivity (Wildman–Crippen MR) is 106 cm³/mol. The quantitative estimate of drug-likeness (QED) is 0.464. The van der Waals surface area contributed by atoms with Gasteiger partial charge in [0.2, 0.25) is 0 Å². The first-order chi connectivity index (χ1) is 13.8. The first-order valence-corrected chi connectivity index (χ1v) is 9.40. The van der Waals surface area contributed by atoms with Gasteiger partial charge in [-0.15, -0.1) is 0 Å². The molecule has 1 unspecified atom stereocenters. The molecule has 0 aliphatic carbocycles. The van der Waals surface area contributed by atoms with Crippen molar-refractivity contribution in [3.05, 3.63) is 29.8 Å². The number of carbonyl (C=O) groups is 3. The van der Waals surface area contributed by atoms with Crippen molar-refractivity contribution >= 4 is 23.6 Å². The summed E-state index contributed by atoms with van der Waals surface area (Å²) in [6.45, 7) is 1.25. The van der Waals surface area contributed by atoms with E-state index in [2.05, 4.69) is 5.32 Å². The molecule has 160 valence electrons. The molecule has 2 rings (SSSR count). The highest BCUT2D eigenvalue weighted by atomic mass is 16.4. The van der Waals surface area contributed by atoms with E-state index in [-0.39, 0.29) is 25.7 Å². The van der Waals surface area contributed by atoms with Crippen LogP contribution in [0.4, 0.5) is 5.69 Å². The number of carboxylic acids is 3. The number of aliphatic carboxylic acids is 3. The van der Waals surface area contributed by atoms with Gasteiger partial charge in [0.15, 0.2) is 0 Å². The van der Waals surface area contributed by atoms with Crippen LogP contribution in [0.2, 0.25) is 0 Å². The largest absolute Gasteiger partial charge is 0.480 e. The molecule has 0 bridgehead atoms. The molecular weight excluding hydrogens is 380 g/mol. The van der Waals surface area contributed by atoms with E-state index in [0.717, 1.165) is 11.3 Å². The standard InChI is InChI=1S/C19H28N4O6/c1-20-15-4-2-14(3-5-15)16-10-22(12-18(26)27)7-6-21(11-17(24)25)8-9-23(16)13-19(28)29/h2-5,16,20H,6-13H2,1H3,(H,24,25)(H,26,27)(H,28,29). The highest BCUT2D eigenvalue weighted by Crippen LogP contribution is 2.24. The first-order valence-electron chi connectivity index (χ1n) is 9.40. The Balaban J connectivity index is 2.35. The Morgan fingerprint density at radius 1 is 0.862 bits per heavy atom. The number of anilines is 1. The summed E-state index contributed by atoms with van der Waals surface area (Å²) in [7, 11) is 1.80. The zero-order valence-corrected chi connectivity index (χ0v) is 16.5. The van der Waals surface area contributed by atoms with Crippen LogP contribution in [0.3, 0.4) is 0 Å². The zero-order chi connectivity index (χ0) is 21.4. The third kappa shape index (κ3) is 7.33. The lowest BCUT2D eigenvalue weighted by molar-refractivity contribution is -0.140. The van der Waals surface area contributed by atoms with Gasteiger partial charge in [0, 0.05) is 51.5 Å². The summed E-state index contributed by atoms with van der Waals surface area (Å²) in [5, 5.41) is 30.9. The van der Waals surface area contributed by atoms with Crippen LogP contribution in [0, 0.1) is 0 Å². The van der Waals surface area contributed by atoms with Crippen LogP contribution in [-0.2, 0) is 14.4 Å². The van der Waals surface area contributed by atoms with E-state index >= 15 is 0 Å². The van der Waals surface area contributed by atoms with Gasteiger partial charge in [0.05, 0.1) is 19.6 Å². The van der Waals surface area contributed by atoms with Gasteiger partial charge in [0.1, 0.15) is 0 Å². The van der Waals surface area contributed by atoms with Crippen LogP contribution in [0.25, 0.3) is 0 Å². The van der Waals surface area contributed by atoms with Crippen molar-refractivity contribution in [2.24, 2.45) is 0 Å². The molecule has 10 nitrogen and oxygen atoms in total. The molecule has 0 saturated carbocycles. The summed E-state index contributed by atoms with van der Waals surface area (Å²) in [5.74, 6) is -2.95. The van der Waals surface area contributed by atoms with Crippen molar-refractivity contribution in [3.8, 4) is 0 Å². The molecular formula is C19H28N4O6. The van der Waals surface area contributed by atoms with E-state index < -0.39 is 17.9 Å². The Labute approximate surface area is 169 Å². The fourth-order valence-corrected chi connectivity index (χ4v) is 3.51. The van der Waals surface area contributed by atoms with Gasteiger partial charge < -0.3 is 20.6 Å². The first kappa shape index (κ1) is 22.6. The average molecular weight is 408 g/mol. The van der Waals surface area contributed by atoms with Gasteiger partial charge in [-0.3, -0.25) is 29.1 Å². The summed E-state index contributed by atoms with van der Waals surface area (Å²) in [4.78, 5) is 39.2. The van der Waals surface area contributed by atoms with Gasteiger partial charge in [-0.2, -0.15) is 0 Å². The van der Waals surface area contributed by atoms with Crippen LogP contribution in [0.5, 0.6) is 0 Å². The minimum Gasteiger partial charge on any atom is -0.480 e. The lowest BCUT2D eigenvalue weighted by Crippen LogP contribution is -2.42. The molecule has 1 heterocycles. The number of hydrogen-bond acceptors (Lipinski definition) is 7. The molecule has 29 heavy (non-hydrogen) atoms. The molecule has 0 radical (unpaired) electrons. The van der Waals surface area contributed by atoms with Crippen LogP contribution >= 0.6 is 0 Å². The number of hydrogen-bond donors (Lipinski definition) is 4. The lowest BCUT2D eigenvalue weighted by Gasteiger charge is -2.33. The van der Waals surface area contributed by atoms with Crippen molar-refractivity contribution in [2.45, 2.75) is 6.04 Å². The molecule has 1 atom stereocenters. The highest BCUT2D eigenvalue weighted by molar-refractivity contribution is 5.70. The summed E-state index contributed by atoms with van der Waals surface area (Å²) >= 11 is 0. The summed E-state index contributed by atoms with van der Waals surface area (Å²) < 4.78 is 0. The number of rotatable bonds is 8. The molecule has 1 aromatic rings. The number of benzene rings is 1. The van der Waals surface area contributed by atoms with Crippen LogP contribution in [0.1, 0.15) is 11.6 Å². The zero-order valence-electron chi connectivity index (χ0n) is 16.5. The van der Waals surface area contributed by atoms with Crippen LogP contribution in [0.15, 0.2) is 24.3 Å². The Morgan fingerprint density at radius 2 is 1.38 bits per heavy atom. The Morgan fingerprint density at radius 3 is 1.93 bits per heavy atom. The summed E-state index contributed by atoms with van der Waals surface area (Å²) in [6.07, 6.45) is 0. The fraction of sp³-hybridized carbons (Fsp3) is 0.526. The monoisotopic (exact) mass is 408 g/mol. The van der Waals surface area contributed by atoms with Gasteiger partial charge in [-0.05, 0) is 17.7 Å². The van der Waals surface area contributed by atoms with Gasteiger partial charge in [-0.25, -0.2) is 0 Å². The lowest BCUT2D eigenvalue weighted by atomic mass is 10.0. The molecule has 0 spiro atoms. The Bertz CT molecular complexity index is 711. The molecule has 1 fully saturated rings. The van der Waals surface area contributed by atoms with E-state index in [1.54, 1.807) is 21.7 Å². The molecule has 10 heteroatoms. The fourth-order valence-electron chi connectivity index (χ4n) is 3.51. The molecule has 1 saturated heterocycles. The number of carboxylic acid groups (broad SMARTS) is 3. The SMILES string of the molecule is CNc1ccc(C2CN(CC(=O)O)CCN(CC(=O)O)CCN2CC(=O)O)cc1. The third-order valence-corrected chi connectivity index (χ3v) is 4.95. The Hall–Kier alpha value is -2.69.